The van der Waals surface area contributed by atoms with E-state index in [0.717, 1.165) is 0 Å². The Hall–Kier alpha value is -3.28. The maximum absolute atomic E-state index is 11.5. The molecule has 0 fully saturated rings. The molecule has 0 amide bonds. The van der Waals surface area contributed by atoms with Crippen molar-refractivity contribution in [2.45, 2.75) is 27.7 Å². The summed E-state index contributed by atoms with van der Waals surface area (Å²) in [5.74, 6) is -1.08. The molecule has 6 heteroatoms. The second kappa shape index (κ2) is 13.1. The molecule has 0 spiro atoms. The number of rotatable bonds is 2. The highest BCUT2D eigenvalue weighted by Gasteiger charge is 2.12. The number of Topliss-reactive ketones (excluding diaryl/α,β-unsaturated/α-hetero) is 2. The molecular formula is C20H22O6. The summed E-state index contributed by atoms with van der Waals surface area (Å²) in [5, 5.41) is 0. The molecule has 0 aliphatic heterocycles. The van der Waals surface area contributed by atoms with E-state index >= 15 is 0 Å². The number of hydrogen-bond donors (Lipinski definition) is 0. The van der Waals surface area contributed by atoms with E-state index in [4.69, 9.17) is 0 Å². The molecule has 0 saturated carbocycles. The molecule has 0 atom stereocenters. The second-order valence-electron chi connectivity index (χ2n) is 5.29. The monoisotopic (exact) mass is 358 g/mol. The third kappa shape index (κ3) is 12.2. The van der Waals surface area contributed by atoms with Crippen LogP contribution in [0.1, 0.15) is 48.4 Å². The lowest BCUT2D eigenvalue weighted by Gasteiger charge is -2.02. The van der Waals surface area contributed by atoms with Crippen molar-refractivity contribution in [1.82, 2.24) is 0 Å². The standard InChI is InChI=1S/C14H10O4.2C3H6O/c15-13(11-7-3-1-4-8-11)17-18-14(16)12-9-5-2-6-10-12;2*1-3(2)4/h1-10H;2*1-2H3. The fourth-order valence-electron chi connectivity index (χ4n) is 1.32. The molecule has 0 saturated heterocycles. The van der Waals surface area contributed by atoms with E-state index in [1.165, 1.54) is 27.7 Å². The number of carbonyl (C=O) groups excluding carboxylic acids is 4. The van der Waals surface area contributed by atoms with Gasteiger partial charge in [0.25, 0.3) is 0 Å². The van der Waals surface area contributed by atoms with Crippen LogP contribution in [0, 0.1) is 0 Å². The zero-order valence-electron chi connectivity index (χ0n) is 15.2. The van der Waals surface area contributed by atoms with Gasteiger partial charge in [-0.1, -0.05) is 36.4 Å². The first-order valence-electron chi connectivity index (χ1n) is 7.71. The quantitative estimate of drug-likeness (QED) is 0.599. The first-order valence-corrected chi connectivity index (χ1v) is 7.71. The molecule has 138 valence electrons. The average Bonchev–Trinajstić information content (AvgIpc) is 2.60. The van der Waals surface area contributed by atoms with Crippen LogP contribution in [0.25, 0.3) is 0 Å². The summed E-state index contributed by atoms with van der Waals surface area (Å²) in [7, 11) is 0. The van der Waals surface area contributed by atoms with Gasteiger partial charge in [0.15, 0.2) is 0 Å². The molecule has 0 bridgehead atoms. The van der Waals surface area contributed by atoms with Crippen molar-refractivity contribution in [2.24, 2.45) is 0 Å². The zero-order chi connectivity index (χ0) is 19.9. The van der Waals surface area contributed by atoms with Crippen molar-refractivity contribution < 1.29 is 29.0 Å². The third-order valence-electron chi connectivity index (χ3n) is 2.21. The van der Waals surface area contributed by atoms with Gasteiger partial charge in [-0.3, -0.25) is 0 Å². The van der Waals surface area contributed by atoms with Crippen molar-refractivity contribution in [1.29, 1.82) is 0 Å². The summed E-state index contributed by atoms with van der Waals surface area (Å²) in [4.78, 5) is 50.8. The van der Waals surface area contributed by atoms with Gasteiger partial charge in [0, 0.05) is 0 Å². The molecule has 2 aromatic carbocycles. The Bertz CT molecular complexity index is 636. The molecular weight excluding hydrogens is 336 g/mol. The number of carbonyl (C=O) groups is 4. The van der Waals surface area contributed by atoms with E-state index in [-0.39, 0.29) is 11.6 Å². The van der Waals surface area contributed by atoms with Crippen LogP contribution < -0.4 is 0 Å². The van der Waals surface area contributed by atoms with Crippen molar-refractivity contribution in [3.63, 3.8) is 0 Å². The Kier molecular flexibility index (Phi) is 11.4. The van der Waals surface area contributed by atoms with E-state index in [1.54, 1.807) is 60.7 Å². The fourth-order valence-corrected chi connectivity index (χ4v) is 1.32. The van der Waals surface area contributed by atoms with Crippen LogP contribution in [0.3, 0.4) is 0 Å². The minimum absolute atomic E-state index is 0.167. The van der Waals surface area contributed by atoms with Crippen LogP contribution >= 0.6 is 0 Å². The normalized spacial score (nSPS) is 8.62. The summed E-state index contributed by atoms with van der Waals surface area (Å²) in [5.41, 5.74) is 0.636. The third-order valence-corrected chi connectivity index (χ3v) is 2.21. The Balaban J connectivity index is 0.000000662. The number of benzene rings is 2. The summed E-state index contributed by atoms with van der Waals surface area (Å²) < 4.78 is 0. The van der Waals surface area contributed by atoms with Crippen molar-refractivity contribution in [3.8, 4) is 0 Å². The molecule has 0 aliphatic rings. The Morgan fingerprint density at radius 2 is 0.769 bits per heavy atom. The molecule has 0 heterocycles. The summed E-state index contributed by atoms with van der Waals surface area (Å²) in [6.07, 6.45) is 0. The Morgan fingerprint density at radius 1 is 0.538 bits per heavy atom. The lowest BCUT2D eigenvalue weighted by atomic mass is 10.2. The fraction of sp³-hybridized carbons (Fsp3) is 0.200. The minimum atomic E-state index is -0.708. The number of ketones is 2. The van der Waals surface area contributed by atoms with Crippen molar-refractivity contribution >= 4 is 23.5 Å². The van der Waals surface area contributed by atoms with Gasteiger partial charge in [-0.05, 0) is 52.0 Å². The molecule has 2 rings (SSSR count). The molecule has 6 nitrogen and oxygen atoms in total. The van der Waals surface area contributed by atoms with Crippen LogP contribution in [0.4, 0.5) is 0 Å². The lowest BCUT2D eigenvalue weighted by molar-refractivity contribution is -0.187. The Morgan fingerprint density at radius 3 is 1.00 bits per heavy atom. The summed E-state index contributed by atoms with van der Waals surface area (Å²) in [6, 6.07) is 16.6. The van der Waals surface area contributed by atoms with E-state index in [0.29, 0.717) is 11.1 Å². The Labute approximate surface area is 152 Å². The van der Waals surface area contributed by atoms with E-state index < -0.39 is 11.9 Å². The van der Waals surface area contributed by atoms with Gasteiger partial charge in [-0.25, -0.2) is 19.4 Å². The van der Waals surface area contributed by atoms with Gasteiger partial charge >= 0.3 is 11.9 Å². The largest absolute Gasteiger partial charge is 0.386 e. The van der Waals surface area contributed by atoms with Gasteiger partial charge < -0.3 is 9.59 Å². The first kappa shape index (κ1) is 22.7. The smallest absolute Gasteiger partial charge is 0.300 e. The van der Waals surface area contributed by atoms with E-state index in [1.807, 2.05) is 0 Å². The highest BCUT2D eigenvalue weighted by Crippen LogP contribution is 2.05. The molecule has 0 aromatic heterocycles. The predicted molar refractivity (Wildman–Crippen MR) is 96.4 cm³/mol. The topological polar surface area (TPSA) is 86.7 Å². The lowest BCUT2D eigenvalue weighted by Crippen LogP contribution is -2.11. The first-order chi connectivity index (χ1) is 12.2. The van der Waals surface area contributed by atoms with Gasteiger partial charge in [0.2, 0.25) is 0 Å². The molecule has 0 N–H and O–H groups in total. The van der Waals surface area contributed by atoms with E-state index in [9.17, 15) is 19.2 Å². The molecule has 0 aliphatic carbocycles. The molecule has 0 unspecified atom stereocenters. The van der Waals surface area contributed by atoms with Gasteiger partial charge in [0.05, 0.1) is 11.1 Å². The van der Waals surface area contributed by atoms with Crippen LogP contribution in [0.5, 0.6) is 0 Å². The van der Waals surface area contributed by atoms with Crippen LogP contribution in [-0.4, -0.2) is 23.5 Å². The van der Waals surface area contributed by atoms with Crippen LogP contribution in [-0.2, 0) is 19.4 Å². The summed E-state index contributed by atoms with van der Waals surface area (Å²) >= 11 is 0. The second-order valence-corrected chi connectivity index (χ2v) is 5.29. The van der Waals surface area contributed by atoms with Crippen LogP contribution in [0.15, 0.2) is 60.7 Å². The van der Waals surface area contributed by atoms with E-state index in [2.05, 4.69) is 9.78 Å². The van der Waals surface area contributed by atoms with Gasteiger partial charge in [0.1, 0.15) is 11.6 Å². The van der Waals surface area contributed by atoms with Crippen molar-refractivity contribution in [3.05, 3.63) is 71.8 Å². The SMILES string of the molecule is CC(C)=O.CC(C)=O.O=C(OOC(=O)c1ccccc1)c1ccccc1. The maximum Gasteiger partial charge on any atom is 0.386 e. The molecule has 0 radical (unpaired) electrons. The molecule has 2 aromatic rings. The summed E-state index contributed by atoms with van der Waals surface area (Å²) in [6.45, 7) is 6.11. The van der Waals surface area contributed by atoms with Crippen molar-refractivity contribution in [2.75, 3.05) is 0 Å². The van der Waals surface area contributed by atoms with Gasteiger partial charge in [-0.2, -0.15) is 0 Å². The highest BCUT2D eigenvalue weighted by molar-refractivity contribution is 5.92. The predicted octanol–water partition coefficient (Wildman–Crippen LogP) is 3.81. The maximum atomic E-state index is 11.5. The average molecular weight is 358 g/mol. The highest BCUT2D eigenvalue weighted by atomic mass is 17.2. The molecule has 26 heavy (non-hydrogen) atoms. The van der Waals surface area contributed by atoms with Crippen LogP contribution in [0.2, 0.25) is 0 Å². The van der Waals surface area contributed by atoms with Gasteiger partial charge in [-0.15, -0.1) is 0 Å². The zero-order valence-corrected chi connectivity index (χ0v) is 15.2. The minimum Gasteiger partial charge on any atom is -0.300 e. The number of hydrogen-bond acceptors (Lipinski definition) is 6.